The van der Waals surface area contributed by atoms with Crippen molar-refractivity contribution in [2.45, 2.75) is 13.3 Å². The lowest BCUT2D eigenvalue weighted by atomic mass is 10.1. The molecule has 2 rings (SSSR count). The van der Waals surface area contributed by atoms with Crippen molar-refractivity contribution in [2.75, 3.05) is 25.0 Å². The van der Waals surface area contributed by atoms with Gasteiger partial charge in [0.05, 0.1) is 0 Å². The van der Waals surface area contributed by atoms with Gasteiger partial charge in [0.1, 0.15) is 11.4 Å². The molecule has 0 aliphatic carbocycles. The van der Waals surface area contributed by atoms with Crippen LogP contribution in [0, 0.1) is 0 Å². The number of hydrogen-bond donors (Lipinski definition) is 3. The zero-order chi connectivity index (χ0) is 12.3. The van der Waals surface area contributed by atoms with Gasteiger partial charge in [-0.25, -0.2) is 0 Å². The van der Waals surface area contributed by atoms with E-state index in [4.69, 9.17) is 4.74 Å². The minimum Gasteiger partial charge on any atom is -0.506 e. The molecule has 3 N–H and O–H groups in total. The van der Waals surface area contributed by atoms with E-state index < -0.39 is 0 Å². The summed E-state index contributed by atoms with van der Waals surface area (Å²) in [5, 5.41) is 15.5. The van der Waals surface area contributed by atoms with Gasteiger partial charge < -0.3 is 20.5 Å². The normalized spacial score (nSPS) is 13.8. The first-order valence-corrected chi connectivity index (χ1v) is 5.70. The second-order valence-corrected chi connectivity index (χ2v) is 3.89. The maximum absolute atomic E-state index is 11.2. The molecule has 0 atom stereocenters. The van der Waals surface area contributed by atoms with E-state index in [0.717, 1.165) is 25.1 Å². The summed E-state index contributed by atoms with van der Waals surface area (Å²) >= 11 is 0. The first-order chi connectivity index (χ1) is 8.22. The van der Waals surface area contributed by atoms with Crippen molar-refractivity contribution >= 4 is 11.6 Å². The number of amides is 1. The van der Waals surface area contributed by atoms with E-state index in [1.54, 1.807) is 6.07 Å². The van der Waals surface area contributed by atoms with E-state index in [2.05, 4.69) is 10.6 Å². The van der Waals surface area contributed by atoms with Gasteiger partial charge in [-0.05, 0) is 31.1 Å². The maximum Gasteiger partial charge on any atom is 0.262 e. The van der Waals surface area contributed by atoms with Gasteiger partial charge in [-0.2, -0.15) is 0 Å². The molecular weight excluding hydrogens is 220 g/mol. The van der Waals surface area contributed by atoms with Crippen LogP contribution in [0.2, 0.25) is 0 Å². The number of hydrogen-bond acceptors (Lipinski definition) is 4. The molecule has 5 heteroatoms. The minimum atomic E-state index is -0.239. The zero-order valence-corrected chi connectivity index (χ0v) is 9.75. The molecule has 0 saturated heterocycles. The highest BCUT2D eigenvalue weighted by atomic mass is 16.5. The van der Waals surface area contributed by atoms with E-state index >= 15 is 0 Å². The number of carbonyl (C=O) groups excluding carboxylic acids is 1. The Hall–Kier alpha value is -1.75. The lowest BCUT2D eigenvalue weighted by Crippen LogP contribution is -2.26. The molecule has 0 spiro atoms. The number of benzene rings is 1. The van der Waals surface area contributed by atoms with Crippen molar-refractivity contribution in [1.82, 2.24) is 5.32 Å². The number of phenols is 1. The highest BCUT2D eigenvalue weighted by molar-refractivity contribution is 5.97. The molecule has 0 bridgehead atoms. The SMILES string of the molecule is CCNCCc1ccc(O)c2c1OCC(=O)N2. The van der Waals surface area contributed by atoms with Gasteiger partial charge in [-0.15, -0.1) is 0 Å². The van der Waals surface area contributed by atoms with Gasteiger partial charge in [-0.1, -0.05) is 13.0 Å². The van der Waals surface area contributed by atoms with Crippen molar-refractivity contribution in [3.05, 3.63) is 17.7 Å². The van der Waals surface area contributed by atoms with Crippen molar-refractivity contribution in [1.29, 1.82) is 0 Å². The van der Waals surface area contributed by atoms with Crippen LogP contribution in [0.1, 0.15) is 12.5 Å². The highest BCUT2D eigenvalue weighted by Crippen LogP contribution is 2.39. The number of phenolic OH excluding ortho intramolecular Hbond substituents is 1. The summed E-state index contributed by atoms with van der Waals surface area (Å²) in [7, 11) is 0. The van der Waals surface area contributed by atoms with E-state index in [1.165, 1.54) is 0 Å². The van der Waals surface area contributed by atoms with Crippen LogP contribution in [0.5, 0.6) is 11.5 Å². The number of nitrogens with one attached hydrogen (secondary N) is 2. The average Bonchev–Trinajstić information content (AvgIpc) is 2.33. The van der Waals surface area contributed by atoms with Crippen LogP contribution in [-0.4, -0.2) is 30.7 Å². The van der Waals surface area contributed by atoms with Crippen molar-refractivity contribution in [3.63, 3.8) is 0 Å². The Morgan fingerprint density at radius 3 is 3.12 bits per heavy atom. The molecule has 1 amide bonds. The molecule has 5 nitrogen and oxygen atoms in total. The van der Waals surface area contributed by atoms with Crippen LogP contribution < -0.4 is 15.4 Å². The van der Waals surface area contributed by atoms with Gasteiger partial charge in [0.25, 0.3) is 5.91 Å². The Bertz CT molecular complexity index is 432. The van der Waals surface area contributed by atoms with Crippen LogP contribution in [0.3, 0.4) is 0 Å². The summed E-state index contributed by atoms with van der Waals surface area (Å²) in [6, 6.07) is 3.40. The van der Waals surface area contributed by atoms with E-state index in [0.29, 0.717) is 11.4 Å². The minimum absolute atomic E-state index is 0.00462. The predicted molar refractivity (Wildman–Crippen MR) is 64.5 cm³/mol. The van der Waals surface area contributed by atoms with Crippen LogP contribution in [-0.2, 0) is 11.2 Å². The predicted octanol–water partition coefficient (Wildman–Crippen LogP) is 0.875. The molecule has 0 radical (unpaired) electrons. The molecule has 1 aromatic carbocycles. The summed E-state index contributed by atoms with van der Waals surface area (Å²) < 4.78 is 5.38. The Kier molecular flexibility index (Phi) is 3.49. The fraction of sp³-hybridized carbons (Fsp3) is 0.417. The summed E-state index contributed by atoms with van der Waals surface area (Å²) in [5.74, 6) is 0.388. The number of likely N-dealkylation sites (N-methyl/N-ethyl adjacent to an activating group) is 1. The Morgan fingerprint density at radius 1 is 1.53 bits per heavy atom. The number of anilines is 1. The molecule has 0 aromatic heterocycles. The number of fused-ring (bicyclic) bond motifs is 1. The van der Waals surface area contributed by atoms with Crippen molar-refractivity contribution in [2.24, 2.45) is 0 Å². The van der Waals surface area contributed by atoms with Crippen LogP contribution in [0.4, 0.5) is 5.69 Å². The van der Waals surface area contributed by atoms with E-state index in [-0.39, 0.29) is 18.3 Å². The second kappa shape index (κ2) is 5.05. The topological polar surface area (TPSA) is 70.6 Å². The summed E-state index contributed by atoms with van der Waals surface area (Å²) in [5.41, 5.74) is 1.37. The molecule has 1 aliphatic heterocycles. The van der Waals surface area contributed by atoms with Gasteiger partial charge in [0.2, 0.25) is 0 Å². The largest absolute Gasteiger partial charge is 0.506 e. The molecule has 92 valence electrons. The van der Waals surface area contributed by atoms with Crippen molar-refractivity contribution < 1.29 is 14.6 Å². The third-order valence-electron chi connectivity index (χ3n) is 2.65. The molecule has 1 aliphatic rings. The summed E-state index contributed by atoms with van der Waals surface area (Å²) in [4.78, 5) is 11.2. The average molecular weight is 236 g/mol. The highest BCUT2D eigenvalue weighted by Gasteiger charge is 2.21. The Balaban J connectivity index is 2.23. The fourth-order valence-corrected chi connectivity index (χ4v) is 1.81. The number of aromatic hydroxyl groups is 1. The molecule has 1 heterocycles. The molecule has 0 fully saturated rings. The lowest BCUT2D eigenvalue weighted by Gasteiger charge is -2.21. The standard InChI is InChI=1S/C12H16N2O3/c1-2-13-6-5-8-3-4-9(15)11-12(8)17-7-10(16)14-11/h3-4,13,15H,2,5-7H2,1H3,(H,14,16). The quantitative estimate of drug-likeness (QED) is 0.536. The monoisotopic (exact) mass is 236 g/mol. The molecule has 0 saturated carbocycles. The third-order valence-corrected chi connectivity index (χ3v) is 2.65. The van der Waals surface area contributed by atoms with Gasteiger partial charge in [0, 0.05) is 0 Å². The third kappa shape index (κ3) is 2.50. The maximum atomic E-state index is 11.2. The van der Waals surface area contributed by atoms with Gasteiger partial charge >= 0.3 is 0 Å². The van der Waals surface area contributed by atoms with E-state index in [9.17, 15) is 9.90 Å². The molecule has 1 aromatic rings. The van der Waals surface area contributed by atoms with Crippen LogP contribution in [0.15, 0.2) is 12.1 Å². The van der Waals surface area contributed by atoms with E-state index in [1.807, 2.05) is 13.0 Å². The summed E-state index contributed by atoms with van der Waals surface area (Å²) in [6.45, 7) is 3.80. The fourth-order valence-electron chi connectivity index (χ4n) is 1.81. The molecular formula is C12H16N2O3. The molecule has 0 unspecified atom stereocenters. The first-order valence-electron chi connectivity index (χ1n) is 5.70. The Labute approximate surface area is 99.8 Å². The number of ether oxygens (including phenoxy) is 1. The summed E-state index contributed by atoms with van der Waals surface area (Å²) in [6.07, 6.45) is 0.798. The zero-order valence-electron chi connectivity index (χ0n) is 9.75. The van der Waals surface area contributed by atoms with Crippen LogP contribution in [0.25, 0.3) is 0 Å². The van der Waals surface area contributed by atoms with Crippen molar-refractivity contribution in [3.8, 4) is 11.5 Å². The smallest absolute Gasteiger partial charge is 0.262 e. The second-order valence-electron chi connectivity index (χ2n) is 3.89. The number of rotatable bonds is 4. The lowest BCUT2D eigenvalue weighted by molar-refractivity contribution is -0.118. The number of carbonyl (C=O) groups is 1. The van der Waals surface area contributed by atoms with Gasteiger partial charge in [0.15, 0.2) is 12.4 Å². The first kappa shape index (κ1) is 11.7. The molecule has 17 heavy (non-hydrogen) atoms. The van der Waals surface area contributed by atoms with Gasteiger partial charge in [-0.3, -0.25) is 4.79 Å². The van der Waals surface area contributed by atoms with Crippen LogP contribution >= 0.6 is 0 Å². The Morgan fingerprint density at radius 2 is 2.35 bits per heavy atom.